The topological polar surface area (TPSA) is 76.1 Å². The molecule has 4 aliphatic rings. The second-order valence-corrected chi connectivity index (χ2v) is 9.25. The lowest BCUT2D eigenvalue weighted by Gasteiger charge is -2.46. The van der Waals surface area contributed by atoms with Gasteiger partial charge in [0, 0.05) is 37.4 Å². The van der Waals surface area contributed by atoms with Gasteiger partial charge in [0.2, 0.25) is 11.8 Å². The third kappa shape index (κ3) is 2.95. The number of benzene rings is 1. The molecule has 154 valence electrons. The molecule has 1 aromatic carbocycles. The molecule has 1 saturated heterocycles. The molecule has 3 aliphatic heterocycles. The van der Waals surface area contributed by atoms with Crippen molar-refractivity contribution in [2.75, 3.05) is 38.6 Å². The van der Waals surface area contributed by atoms with E-state index >= 15 is 0 Å². The molecule has 0 aromatic heterocycles. The van der Waals surface area contributed by atoms with Crippen molar-refractivity contribution in [1.82, 2.24) is 15.3 Å². The minimum absolute atomic E-state index is 0.0139. The predicted octanol–water partition coefficient (Wildman–Crippen LogP) is 1.55. The highest BCUT2D eigenvalue weighted by molar-refractivity contribution is 5.90. The highest BCUT2D eigenvalue weighted by atomic mass is 16.5. The van der Waals surface area contributed by atoms with E-state index in [4.69, 9.17) is 0 Å². The molecule has 1 saturated carbocycles. The van der Waals surface area contributed by atoms with E-state index in [-0.39, 0.29) is 17.2 Å². The maximum absolute atomic E-state index is 13.7. The maximum atomic E-state index is 13.7. The van der Waals surface area contributed by atoms with Gasteiger partial charge in [-0.2, -0.15) is 0 Å². The van der Waals surface area contributed by atoms with Gasteiger partial charge >= 0.3 is 0 Å². The van der Waals surface area contributed by atoms with E-state index in [0.717, 1.165) is 25.1 Å². The molecule has 29 heavy (non-hydrogen) atoms. The van der Waals surface area contributed by atoms with Gasteiger partial charge in [0.05, 0.1) is 12.5 Å². The van der Waals surface area contributed by atoms with Gasteiger partial charge < -0.3 is 9.80 Å². The van der Waals surface area contributed by atoms with Crippen LogP contribution in [0.25, 0.3) is 0 Å². The first-order valence-electron chi connectivity index (χ1n) is 10.4. The maximum Gasteiger partial charge on any atom is 0.248 e. The van der Waals surface area contributed by atoms with Crippen molar-refractivity contribution in [2.24, 2.45) is 11.3 Å². The normalized spacial score (nSPS) is 29.9. The number of carbonyl (C=O) groups excluding carboxylic acids is 2. The number of amides is 2. The summed E-state index contributed by atoms with van der Waals surface area (Å²) in [5.41, 5.74) is 5.50. The summed E-state index contributed by atoms with van der Waals surface area (Å²) in [4.78, 5) is 32.2. The second-order valence-electron chi connectivity index (χ2n) is 9.25. The van der Waals surface area contributed by atoms with E-state index in [2.05, 4.69) is 23.1 Å². The number of nitrogens with one attached hydrogen (secondary N) is 1. The Balaban J connectivity index is 1.42. The molecule has 2 amide bonds. The Morgan fingerprint density at radius 2 is 1.97 bits per heavy atom. The van der Waals surface area contributed by atoms with Crippen molar-refractivity contribution in [3.63, 3.8) is 0 Å². The zero-order valence-corrected chi connectivity index (χ0v) is 17.0. The zero-order chi connectivity index (χ0) is 20.3. The molecule has 2 bridgehead atoms. The molecule has 0 radical (unpaired) electrons. The summed E-state index contributed by atoms with van der Waals surface area (Å²) in [6.07, 6.45) is 5.11. The standard InChI is InChI=1S/C22H28N4O3/c1-24-13-22(7-8-22)10-17(20(27)23-29)19(24)21(28)26-11-14-9-15(12-26)25(2)18-6-4-3-5-16(14)18/h3-6,9,14,17,19,29H,7-8,10-13H2,1-2H3,(H,23,27)/t14?,17-,19-/m0/s1. The molecule has 2 fully saturated rings. The van der Waals surface area contributed by atoms with E-state index in [1.165, 1.54) is 11.3 Å². The summed E-state index contributed by atoms with van der Waals surface area (Å²) in [6.45, 7) is 2.00. The van der Waals surface area contributed by atoms with Crippen LogP contribution in [0, 0.1) is 11.3 Å². The monoisotopic (exact) mass is 396 g/mol. The second kappa shape index (κ2) is 6.57. The van der Waals surface area contributed by atoms with Gasteiger partial charge in [-0.05, 0) is 43.4 Å². The summed E-state index contributed by atoms with van der Waals surface area (Å²) in [5.74, 6) is -0.807. The van der Waals surface area contributed by atoms with Gasteiger partial charge in [0.15, 0.2) is 0 Å². The Kier molecular flexibility index (Phi) is 4.22. The van der Waals surface area contributed by atoms with E-state index < -0.39 is 17.9 Å². The number of piperidine rings is 1. The lowest BCUT2D eigenvalue weighted by molar-refractivity contribution is -0.150. The van der Waals surface area contributed by atoms with Crippen molar-refractivity contribution in [2.45, 2.75) is 31.2 Å². The van der Waals surface area contributed by atoms with Crippen LogP contribution in [0.1, 0.15) is 30.7 Å². The lowest BCUT2D eigenvalue weighted by atomic mass is 9.79. The fraction of sp³-hybridized carbons (Fsp3) is 0.545. The van der Waals surface area contributed by atoms with E-state index in [1.807, 2.05) is 41.5 Å². The first-order chi connectivity index (χ1) is 13.9. The summed E-state index contributed by atoms with van der Waals surface area (Å²) in [5, 5.41) is 9.29. The molecule has 1 aromatic rings. The van der Waals surface area contributed by atoms with Crippen molar-refractivity contribution in [3.8, 4) is 0 Å². The molecule has 7 heteroatoms. The number of anilines is 1. The Morgan fingerprint density at radius 1 is 1.21 bits per heavy atom. The molecular weight excluding hydrogens is 368 g/mol. The Bertz CT molecular complexity index is 894. The van der Waals surface area contributed by atoms with E-state index in [0.29, 0.717) is 19.5 Å². The lowest BCUT2D eigenvalue weighted by Crippen LogP contribution is -2.60. The quantitative estimate of drug-likeness (QED) is 0.586. The van der Waals surface area contributed by atoms with Gasteiger partial charge in [-0.3, -0.25) is 19.7 Å². The first-order valence-corrected chi connectivity index (χ1v) is 10.4. The van der Waals surface area contributed by atoms with Crippen LogP contribution in [0.4, 0.5) is 5.69 Å². The number of carbonyl (C=O) groups is 2. The number of fused-ring (bicyclic) bond motifs is 3. The summed E-state index contributed by atoms with van der Waals surface area (Å²) in [7, 11) is 3.98. The smallest absolute Gasteiger partial charge is 0.248 e. The average Bonchev–Trinajstić information content (AvgIpc) is 3.48. The molecule has 3 atom stereocenters. The number of rotatable bonds is 2. The summed E-state index contributed by atoms with van der Waals surface area (Å²) >= 11 is 0. The Hall–Kier alpha value is -2.38. The molecule has 5 rings (SSSR count). The third-order valence-electron chi connectivity index (χ3n) is 7.35. The van der Waals surface area contributed by atoms with Gasteiger partial charge in [-0.1, -0.05) is 24.3 Å². The minimum atomic E-state index is -0.534. The number of likely N-dealkylation sites (tertiary alicyclic amines) is 1. The number of hydroxylamine groups is 1. The van der Waals surface area contributed by atoms with Crippen molar-refractivity contribution < 1.29 is 14.8 Å². The molecule has 1 unspecified atom stereocenters. The molecule has 7 nitrogen and oxygen atoms in total. The van der Waals surface area contributed by atoms with Crippen molar-refractivity contribution in [1.29, 1.82) is 0 Å². The fourth-order valence-electron chi connectivity index (χ4n) is 5.65. The molecular formula is C22H28N4O3. The van der Waals surface area contributed by atoms with Crippen LogP contribution in [0.15, 0.2) is 36.0 Å². The van der Waals surface area contributed by atoms with Gasteiger partial charge in [-0.15, -0.1) is 0 Å². The number of nitrogens with zero attached hydrogens (tertiary/aromatic N) is 3. The zero-order valence-electron chi connectivity index (χ0n) is 17.0. The van der Waals surface area contributed by atoms with Gasteiger partial charge in [0.1, 0.15) is 6.04 Å². The number of para-hydroxylation sites is 1. The van der Waals surface area contributed by atoms with Gasteiger partial charge in [-0.25, -0.2) is 5.48 Å². The highest BCUT2D eigenvalue weighted by Crippen LogP contribution is 2.54. The van der Waals surface area contributed by atoms with E-state index in [9.17, 15) is 14.8 Å². The predicted molar refractivity (Wildman–Crippen MR) is 108 cm³/mol. The molecule has 3 heterocycles. The molecule has 1 aliphatic carbocycles. The molecule has 2 N–H and O–H groups in total. The number of likely N-dealkylation sites (N-methyl/N-ethyl adjacent to an activating group) is 2. The highest BCUT2D eigenvalue weighted by Gasteiger charge is 2.55. The van der Waals surface area contributed by atoms with Crippen LogP contribution in [0.3, 0.4) is 0 Å². The van der Waals surface area contributed by atoms with Crippen LogP contribution in [-0.2, 0) is 9.59 Å². The Labute approximate surface area is 170 Å². The number of hydrogen-bond acceptors (Lipinski definition) is 5. The van der Waals surface area contributed by atoms with E-state index in [1.54, 1.807) is 0 Å². The Morgan fingerprint density at radius 3 is 2.69 bits per heavy atom. The van der Waals surface area contributed by atoms with Gasteiger partial charge in [0.25, 0.3) is 0 Å². The average molecular weight is 396 g/mol. The minimum Gasteiger partial charge on any atom is -0.347 e. The van der Waals surface area contributed by atoms with Crippen molar-refractivity contribution in [3.05, 3.63) is 41.6 Å². The fourth-order valence-corrected chi connectivity index (χ4v) is 5.65. The van der Waals surface area contributed by atoms with Crippen LogP contribution in [0.5, 0.6) is 0 Å². The SMILES string of the molecule is CN1C2=CC(CN(C(=O)[C@@H]3[C@@H](C(=O)NO)CC4(CC4)CN3C)C2)c2ccccc21. The van der Waals surface area contributed by atoms with Crippen LogP contribution < -0.4 is 10.4 Å². The summed E-state index contributed by atoms with van der Waals surface area (Å²) < 4.78 is 0. The van der Waals surface area contributed by atoms with Crippen molar-refractivity contribution >= 4 is 17.5 Å². The van der Waals surface area contributed by atoms with Crippen LogP contribution in [0.2, 0.25) is 0 Å². The number of hydrogen-bond donors (Lipinski definition) is 2. The summed E-state index contributed by atoms with van der Waals surface area (Å²) in [6, 6.07) is 7.80. The first kappa shape index (κ1) is 18.6. The van der Waals surface area contributed by atoms with Crippen LogP contribution in [-0.4, -0.2) is 66.6 Å². The molecule has 1 spiro atoms. The largest absolute Gasteiger partial charge is 0.347 e. The van der Waals surface area contributed by atoms with Crippen LogP contribution >= 0.6 is 0 Å². The third-order valence-corrected chi connectivity index (χ3v) is 7.35.